The zero-order chi connectivity index (χ0) is 16.2. The minimum Gasteiger partial charge on any atom is -0.346 e. The molecule has 0 bridgehead atoms. The molecule has 4 heteroatoms. The van der Waals surface area contributed by atoms with Crippen LogP contribution in [0.2, 0.25) is 0 Å². The molecule has 0 aliphatic carbocycles. The maximum Gasteiger partial charge on any atom is 0.142 e. The fraction of sp³-hybridized carbons (Fsp3) is 0. The Morgan fingerprint density at radius 3 is 2.42 bits per heavy atom. The Hall–Kier alpha value is -2.98. The van der Waals surface area contributed by atoms with Crippen LogP contribution in [0.25, 0.3) is 27.4 Å². The van der Waals surface area contributed by atoms with Crippen LogP contribution in [0, 0.1) is 0 Å². The summed E-state index contributed by atoms with van der Waals surface area (Å²) in [5, 5.41) is 6.51. The fourth-order valence-corrected chi connectivity index (χ4v) is 3.51. The van der Waals surface area contributed by atoms with E-state index in [1.54, 1.807) is 17.7 Å². The third-order valence-electron chi connectivity index (χ3n) is 3.75. The number of fused-ring (bicyclic) bond motifs is 1. The van der Waals surface area contributed by atoms with Gasteiger partial charge in [0, 0.05) is 17.1 Å². The zero-order valence-corrected chi connectivity index (χ0v) is 13.7. The average molecular weight is 329 g/mol. The lowest BCUT2D eigenvalue weighted by molar-refractivity contribution is 1.23. The number of rotatable bonds is 4. The first-order chi connectivity index (χ1) is 11.9. The summed E-state index contributed by atoms with van der Waals surface area (Å²) in [4.78, 5) is 9.81. The van der Waals surface area contributed by atoms with Gasteiger partial charge in [-0.1, -0.05) is 60.7 Å². The van der Waals surface area contributed by atoms with Crippen LogP contribution >= 0.6 is 11.3 Å². The minimum atomic E-state index is 0.826. The SMILES string of the molecule is C(=Cc1ccccc1)Nc1ncnc2scc(-c3ccccc3)c12. The second kappa shape index (κ2) is 6.64. The summed E-state index contributed by atoms with van der Waals surface area (Å²) in [6, 6.07) is 20.5. The number of nitrogens with one attached hydrogen (secondary N) is 1. The summed E-state index contributed by atoms with van der Waals surface area (Å²) < 4.78 is 0. The van der Waals surface area contributed by atoms with E-state index in [1.165, 1.54) is 5.56 Å². The van der Waals surface area contributed by atoms with Crippen LogP contribution in [0.1, 0.15) is 5.56 Å². The maximum absolute atomic E-state index is 4.43. The summed E-state index contributed by atoms with van der Waals surface area (Å²) in [7, 11) is 0. The molecule has 1 N–H and O–H groups in total. The molecule has 3 nitrogen and oxygen atoms in total. The van der Waals surface area contributed by atoms with Crippen molar-refractivity contribution < 1.29 is 0 Å². The molecule has 0 radical (unpaired) electrons. The standard InChI is InChI=1S/C20H15N3S/c1-3-7-15(8-4-1)11-12-21-19-18-17(16-9-5-2-6-10-16)13-24-20(18)23-14-22-19/h1-14H,(H,21,22,23). The van der Waals surface area contributed by atoms with Gasteiger partial charge >= 0.3 is 0 Å². The Morgan fingerprint density at radius 2 is 1.62 bits per heavy atom. The van der Waals surface area contributed by atoms with Crippen molar-refractivity contribution >= 4 is 33.4 Å². The van der Waals surface area contributed by atoms with E-state index in [0.29, 0.717) is 0 Å². The van der Waals surface area contributed by atoms with Crippen LogP contribution in [0.4, 0.5) is 5.82 Å². The first-order valence-electron chi connectivity index (χ1n) is 7.67. The molecule has 4 rings (SSSR count). The van der Waals surface area contributed by atoms with Gasteiger partial charge in [0.1, 0.15) is 17.0 Å². The largest absolute Gasteiger partial charge is 0.346 e. The topological polar surface area (TPSA) is 37.8 Å². The lowest BCUT2D eigenvalue weighted by Crippen LogP contribution is -1.93. The molecule has 24 heavy (non-hydrogen) atoms. The summed E-state index contributed by atoms with van der Waals surface area (Å²) in [5.74, 6) is 0.826. The van der Waals surface area contributed by atoms with Crippen molar-refractivity contribution in [2.24, 2.45) is 0 Å². The smallest absolute Gasteiger partial charge is 0.142 e. The molecule has 0 saturated heterocycles. The van der Waals surface area contributed by atoms with Gasteiger partial charge in [-0.05, 0) is 17.2 Å². The average Bonchev–Trinajstić information content (AvgIpc) is 3.08. The summed E-state index contributed by atoms with van der Waals surface area (Å²) >= 11 is 1.64. The van der Waals surface area contributed by atoms with Crippen molar-refractivity contribution in [2.45, 2.75) is 0 Å². The number of thiophene rings is 1. The minimum absolute atomic E-state index is 0.826. The van der Waals surface area contributed by atoms with Crippen molar-refractivity contribution in [3.05, 3.63) is 84.1 Å². The van der Waals surface area contributed by atoms with Crippen LogP contribution < -0.4 is 5.32 Å². The predicted molar refractivity (Wildman–Crippen MR) is 102 cm³/mol. The van der Waals surface area contributed by atoms with Gasteiger partial charge < -0.3 is 5.32 Å². The highest BCUT2D eigenvalue weighted by Crippen LogP contribution is 2.36. The Kier molecular flexibility index (Phi) is 4.04. The lowest BCUT2D eigenvalue weighted by atomic mass is 10.1. The first kappa shape index (κ1) is 14.6. The van der Waals surface area contributed by atoms with E-state index in [1.807, 2.05) is 48.7 Å². The predicted octanol–water partition coefficient (Wildman–Crippen LogP) is 5.44. The third-order valence-corrected chi connectivity index (χ3v) is 4.64. The molecule has 0 unspecified atom stereocenters. The molecule has 0 aliphatic rings. The number of nitrogens with zero attached hydrogens (tertiary/aromatic N) is 2. The molecule has 0 fully saturated rings. The number of benzene rings is 2. The molecule has 2 heterocycles. The molecule has 0 saturated carbocycles. The second-order valence-electron chi connectivity index (χ2n) is 5.31. The molecule has 116 valence electrons. The number of hydrogen-bond donors (Lipinski definition) is 1. The normalized spacial score (nSPS) is 11.2. The van der Waals surface area contributed by atoms with Crippen molar-refractivity contribution in [1.29, 1.82) is 0 Å². The van der Waals surface area contributed by atoms with Crippen LogP contribution in [-0.4, -0.2) is 9.97 Å². The lowest BCUT2D eigenvalue weighted by Gasteiger charge is -2.05. The van der Waals surface area contributed by atoms with Crippen molar-refractivity contribution in [3.63, 3.8) is 0 Å². The Morgan fingerprint density at radius 1 is 0.875 bits per heavy atom. The molecule has 0 spiro atoms. The van der Waals surface area contributed by atoms with E-state index in [-0.39, 0.29) is 0 Å². The Balaban J connectivity index is 1.71. The van der Waals surface area contributed by atoms with Gasteiger partial charge in [-0.3, -0.25) is 0 Å². The first-order valence-corrected chi connectivity index (χ1v) is 8.55. The van der Waals surface area contributed by atoms with Gasteiger partial charge in [0.2, 0.25) is 0 Å². The van der Waals surface area contributed by atoms with Gasteiger partial charge in [0.05, 0.1) is 5.39 Å². The monoisotopic (exact) mass is 329 g/mol. The van der Waals surface area contributed by atoms with Crippen LogP contribution in [0.5, 0.6) is 0 Å². The zero-order valence-electron chi connectivity index (χ0n) is 12.9. The van der Waals surface area contributed by atoms with Gasteiger partial charge in [0.15, 0.2) is 0 Å². The number of hydrogen-bond acceptors (Lipinski definition) is 4. The van der Waals surface area contributed by atoms with E-state index < -0.39 is 0 Å². The highest BCUT2D eigenvalue weighted by atomic mass is 32.1. The van der Waals surface area contributed by atoms with E-state index in [2.05, 4.69) is 44.9 Å². The number of anilines is 1. The molecule has 2 aromatic carbocycles. The molecular weight excluding hydrogens is 314 g/mol. The molecule has 4 aromatic rings. The Bertz CT molecular complexity index is 976. The molecular formula is C20H15N3S. The second-order valence-corrected chi connectivity index (χ2v) is 6.16. The van der Waals surface area contributed by atoms with Gasteiger partial charge in [-0.25, -0.2) is 9.97 Å². The molecule has 0 amide bonds. The summed E-state index contributed by atoms with van der Waals surface area (Å²) in [6.45, 7) is 0. The summed E-state index contributed by atoms with van der Waals surface area (Å²) in [5.41, 5.74) is 3.48. The number of aromatic nitrogens is 2. The molecule has 0 aliphatic heterocycles. The van der Waals surface area contributed by atoms with E-state index >= 15 is 0 Å². The Labute approximate surface area is 144 Å². The van der Waals surface area contributed by atoms with Gasteiger partial charge in [0.25, 0.3) is 0 Å². The third kappa shape index (κ3) is 2.92. The summed E-state index contributed by atoms with van der Waals surface area (Å²) in [6.07, 6.45) is 5.55. The van der Waals surface area contributed by atoms with Gasteiger partial charge in [-0.15, -0.1) is 11.3 Å². The van der Waals surface area contributed by atoms with Crippen molar-refractivity contribution in [2.75, 3.05) is 5.32 Å². The van der Waals surface area contributed by atoms with Crippen molar-refractivity contribution in [3.8, 4) is 11.1 Å². The maximum atomic E-state index is 4.43. The highest BCUT2D eigenvalue weighted by Gasteiger charge is 2.11. The van der Waals surface area contributed by atoms with Crippen LogP contribution in [0.3, 0.4) is 0 Å². The van der Waals surface area contributed by atoms with E-state index in [9.17, 15) is 0 Å². The fourth-order valence-electron chi connectivity index (χ4n) is 2.60. The quantitative estimate of drug-likeness (QED) is 0.541. The molecule has 2 aromatic heterocycles. The van der Waals surface area contributed by atoms with Gasteiger partial charge in [-0.2, -0.15) is 0 Å². The van der Waals surface area contributed by atoms with Crippen molar-refractivity contribution in [1.82, 2.24) is 9.97 Å². The molecule has 0 atom stereocenters. The van der Waals surface area contributed by atoms with E-state index in [4.69, 9.17) is 0 Å². The van der Waals surface area contributed by atoms with E-state index in [0.717, 1.165) is 27.2 Å². The van der Waals surface area contributed by atoms with Crippen LogP contribution in [0.15, 0.2) is 78.6 Å². The van der Waals surface area contributed by atoms with Crippen LogP contribution in [-0.2, 0) is 0 Å². The highest BCUT2D eigenvalue weighted by molar-refractivity contribution is 7.17.